The molecule has 42 heavy (non-hydrogen) atoms. The lowest BCUT2D eigenvalue weighted by Crippen LogP contribution is -2.54. The van der Waals surface area contributed by atoms with E-state index in [0.717, 1.165) is 18.5 Å². The Kier molecular flexibility index (Phi) is 11.3. The average molecular weight is 596 g/mol. The van der Waals surface area contributed by atoms with Crippen LogP contribution in [0.1, 0.15) is 47.3 Å². The molecule has 2 heterocycles. The molecule has 224 valence electrons. The number of hydrogen-bond acceptors (Lipinski definition) is 7. The first-order chi connectivity index (χ1) is 20.3. The molecule has 4 rings (SSSR count). The fourth-order valence-corrected chi connectivity index (χ4v) is 4.82. The molecule has 0 radical (unpaired) electrons. The van der Waals surface area contributed by atoms with Gasteiger partial charge in [-0.1, -0.05) is 47.1 Å². The lowest BCUT2D eigenvalue weighted by atomic mass is 10.0. The molecule has 0 aliphatic carbocycles. The fraction of sp³-hybridized carbons (Fsp3) is 0.433. The predicted molar refractivity (Wildman–Crippen MR) is 159 cm³/mol. The predicted octanol–water partition coefficient (Wildman–Crippen LogP) is 2.59. The van der Waals surface area contributed by atoms with E-state index in [1.165, 1.54) is 0 Å². The lowest BCUT2D eigenvalue weighted by molar-refractivity contribution is -0.130. The SMILES string of the molecule is CN(C)CCCC[C@@H]1NC(=O)c2ccc(Cl)cc2OCCCn2cc(nn2)CNC(=O)[C@H](Cc2ccccc2)NC1=O. The highest BCUT2D eigenvalue weighted by atomic mass is 35.5. The molecule has 2 atom stereocenters. The zero-order chi connectivity index (χ0) is 29.9. The number of carbonyl (C=O) groups is 3. The van der Waals surface area contributed by atoms with Crippen LogP contribution in [0.2, 0.25) is 5.02 Å². The van der Waals surface area contributed by atoms with Crippen molar-refractivity contribution in [1.29, 1.82) is 0 Å². The van der Waals surface area contributed by atoms with E-state index in [9.17, 15) is 14.4 Å². The van der Waals surface area contributed by atoms with Crippen LogP contribution >= 0.6 is 11.6 Å². The molecule has 2 aromatic carbocycles. The van der Waals surface area contributed by atoms with Crippen molar-refractivity contribution in [2.45, 2.75) is 57.3 Å². The molecule has 0 saturated heterocycles. The average Bonchev–Trinajstić information content (AvgIpc) is 3.43. The Morgan fingerprint density at radius 2 is 1.83 bits per heavy atom. The first-order valence-corrected chi connectivity index (χ1v) is 14.6. The molecule has 3 aromatic rings. The minimum atomic E-state index is -0.871. The van der Waals surface area contributed by atoms with Gasteiger partial charge in [-0.05, 0) is 63.7 Å². The summed E-state index contributed by atoms with van der Waals surface area (Å²) in [7, 11) is 3.97. The van der Waals surface area contributed by atoms with Gasteiger partial charge in [0.2, 0.25) is 11.8 Å². The maximum atomic E-state index is 13.7. The number of aromatic nitrogens is 3. The van der Waals surface area contributed by atoms with Crippen molar-refractivity contribution in [2.24, 2.45) is 0 Å². The third kappa shape index (κ3) is 9.28. The van der Waals surface area contributed by atoms with Gasteiger partial charge in [0.25, 0.3) is 5.91 Å². The highest BCUT2D eigenvalue weighted by Gasteiger charge is 2.28. The van der Waals surface area contributed by atoms with Crippen LogP contribution in [0.25, 0.3) is 0 Å². The van der Waals surface area contributed by atoms with Crippen molar-refractivity contribution in [3.05, 3.63) is 76.6 Å². The fourth-order valence-electron chi connectivity index (χ4n) is 4.65. The van der Waals surface area contributed by atoms with Crippen molar-refractivity contribution < 1.29 is 19.1 Å². The first kappa shape index (κ1) is 31.0. The molecule has 0 fully saturated rings. The Bertz CT molecular complexity index is 1350. The van der Waals surface area contributed by atoms with E-state index in [4.69, 9.17) is 16.3 Å². The van der Waals surface area contributed by atoms with E-state index >= 15 is 0 Å². The van der Waals surface area contributed by atoms with E-state index in [-0.39, 0.29) is 24.4 Å². The Morgan fingerprint density at radius 1 is 1.02 bits per heavy atom. The second-order valence-corrected chi connectivity index (χ2v) is 11.0. The van der Waals surface area contributed by atoms with E-state index in [0.29, 0.717) is 48.9 Å². The summed E-state index contributed by atoms with van der Waals surface area (Å²) in [6.45, 7) is 1.85. The van der Waals surface area contributed by atoms with Gasteiger partial charge in [-0.3, -0.25) is 19.1 Å². The number of hydrogen-bond donors (Lipinski definition) is 3. The van der Waals surface area contributed by atoms with Crippen LogP contribution in [-0.2, 0) is 29.1 Å². The number of ether oxygens (including phenoxy) is 1. The standard InChI is InChI=1S/C30H38ClN7O4/c1-37(2)14-7-6-11-25-30(41)34-26(17-21-9-4-3-5-10-21)29(40)32-19-23-20-38(36-35-23)15-8-16-42-27-18-22(31)12-13-24(27)28(39)33-25/h3-5,9-10,12-13,18,20,25-26H,6-8,11,14-17,19H2,1-2H3,(H,32,40)(H,33,39)(H,34,41)/t25-,26-/m0/s1. The topological polar surface area (TPSA) is 130 Å². The van der Waals surface area contributed by atoms with E-state index in [1.54, 1.807) is 29.1 Å². The summed E-state index contributed by atoms with van der Waals surface area (Å²) in [6.07, 6.45) is 4.58. The van der Waals surface area contributed by atoms with Crippen LogP contribution in [0.4, 0.5) is 0 Å². The molecule has 0 spiro atoms. The van der Waals surface area contributed by atoms with E-state index < -0.39 is 23.9 Å². The third-order valence-electron chi connectivity index (χ3n) is 6.89. The summed E-state index contributed by atoms with van der Waals surface area (Å²) in [6, 6.07) is 12.5. The number of amides is 3. The van der Waals surface area contributed by atoms with E-state index in [2.05, 4.69) is 31.2 Å². The van der Waals surface area contributed by atoms with Gasteiger partial charge in [-0.15, -0.1) is 5.10 Å². The maximum absolute atomic E-state index is 13.7. The molecule has 3 amide bonds. The summed E-state index contributed by atoms with van der Waals surface area (Å²) in [5.41, 5.74) is 1.76. The van der Waals surface area contributed by atoms with E-state index in [1.807, 2.05) is 44.4 Å². The van der Waals surface area contributed by atoms with Crippen molar-refractivity contribution >= 4 is 29.3 Å². The summed E-state index contributed by atoms with van der Waals surface area (Å²) in [5, 5.41) is 17.4. The second kappa shape index (κ2) is 15.3. The number of unbranched alkanes of at least 4 members (excludes halogenated alkanes) is 1. The first-order valence-electron chi connectivity index (χ1n) is 14.2. The van der Waals surface area contributed by atoms with Crippen molar-refractivity contribution in [1.82, 2.24) is 35.8 Å². The molecule has 2 bridgehead atoms. The molecule has 3 N–H and O–H groups in total. The highest BCUT2D eigenvalue weighted by molar-refractivity contribution is 6.30. The zero-order valence-electron chi connectivity index (χ0n) is 24.0. The van der Waals surface area contributed by atoms with Gasteiger partial charge >= 0.3 is 0 Å². The maximum Gasteiger partial charge on any atom is 0.255 e. The Morgan fingerprint density at radius 3 is 2.62 bits per heavy atom. The Balaban J connectivity index is 1.62. The van der Waals surface area contributed by atoms with Crippen molar-refractivity contribution in [3.63, 3.8) is 0 Å². The minimum absolute atomic E-state index is 0.160. The van der Waals surface area contributed by atoms with Gasteiger partial charge < -0.3 is 25.6 Å². The smallest absolute Gasteiger partial charge is 0.255 e. The Hall–Kier alpha value is -3.96. The van der Waals surface area contributed by atoms with Gasteiger partial charge in [-0.2, -0.15) is 0 Å². The minimum Gasteiger partial charge on any atom is -0.493 e. The van der Waals surface area contributed by atoms with Gasteiger partial charge in [0, 0.05) is 24.4 Å². The van der Waals surface area contributed by atoms with Crippen molar-refractivity contribution in [3.8, 4) is 5.75 Å². The molecule has 11 nitrogen and oxygen atoms in total. The highest BCUT2D eigenvalue weighted by Crippen LogP contribution is 2.24. The number of carbonyl (C=O) groups excluding carboxylic acids is 3. The van der Waals surface area contributed by atoms with Gasteiger partial charge in [-0.25, -0.2) is 0 Å². The molecule has 1 aromatic heterocycles. The number of benzene rings is 2. The molecular weight excluding hydrogens is 558 g/mol. The van der Waals surface area contributed by atoms with Crippen LogP contribution in [0.5, 0.6) is 5.75 Å². The lowest BCUT2D eigenvalue weighted by Gasteiger charge is -2.24. The Labute approximate surface area is 250 Å². The van der Waals surface area contributed by atoms with Gasteiger partial charge in [0.1, 0.15) is 23.5 Å². The molecule has 0 saturated carbocycles. The van der Waals surface area contributed by atoms with Crippen LogP contribution in [0.15, 0.2) is 54.7 Å². The van der Waals surface area contributed by atoms with Crippen molar-refractivity contribution in [2.75, 3.05) is 27.2 Å². The second-order valence-electron chi connectivity index (χ2n) is 10.6. The summed E-state index contributed by atoms with van der Waals surface area (Å²) in [5.74, 6) is -0.921. The number of nitrogens with zero attached hydrogens (tertiary/aromatic N) is 4. The number of rotatable bonds is 7. The largest absolute Gasteiger partial charge is 0.493 e. The molecule has 12 heteroatoms. The van der Waals surface area contributed by atoms with Crippen LogP contribution in [-0.4, -0.2) is 76.9 Å². The van der Waals surface area contributed by atoms with Crippen LogP contribution < -0.4 is 20.7 Å². The number of nitrogens with one attached hydrogen (secondary N) is 3. The van der Waals surface area contributed by atoms with Crippen LogP contribution in [0.3, 0.4) is 0 Å². The normalized spacial score (nSPS) is 18.6. The zero-order valence-corrected chi connectivity index (χ0v) is 24.8. The van der Waals surface area contributed by atoms with Gasteiger partial charge in [0.05, 0.1) is 24.9 Å². The number of aryl methyl sites for hydroxylation is 1. The number of fused-ring (bicyclic) bond motifs is 3. The monoisotopic (exact) mass is 595 g/mol. The van der Waals surface area contributed by atoms with Crippen LogP contribution in [0, 0.1) is 0 Å². The third-order valence-corrected chi connectivity index (χ3v) is 7.13. The molecule has 0 unspecified atom stereocenters. The van der Waals surface area contributed by atoms with Gasteiger partial charge in [0.15, 0.2) is 0 Å². The quantitative estimate of drug-likeness (QED) is 0.358. The molecular formula is C30H38ClN7O4. The molecule has 1 aliphatic heterocycles. The summed E-state index contributed by atoms with van der Waals surface area (Å²) in [4.78, 5) is 42.6. The number of halogens is 1. The summed E-state index contributed by atoms with van der Waals surface area (Å²) < 4.78 is 7.62. The molecule has 1 aliphatic rings. The summed E-state index contributed by atoms with van der Waals surface area (Å²) >= 11 is 6.22.